The van der Waals surface area contributed by atoms with Gasteiger partial charge in [0, 0.05) is 41.5 Å². The molecule has 0 aliphatic carbocycles. The lowest BCUT2D eigenvalue weighted by atomic mass is 9.98. The standard InChI is InChI=1S/C36H45NO8/c1-4-10-29-33(17-14-28-31(38)21-24-45-36(28)29)44-23-9-7-8-22-43-32-18-16-30-26(27(32)15-20-35(40)42-6-3)13-11-25(37-30)12-19-34(39)41-5-2/h11,13-14,16-18H,4-10,12,15,19-24H2,1-3H3. The molecule has 0 bridgehead atoms. The molecule has 0 unspecified atom stereocenters. The zero-order chi connectivity index (χ0) is 32.0. The molecule has 0 saturated carbocycles. The molecular weight excluding hydrogens is 574 g/mol. The number of fused-ring (bicyclic) bond motifs is 2. The summed E-state index contributed by atoms with van der Waals surface area (Å²) in [4.78, 5) is 41.0. The number of rotatable bonds is 18. The van der Waals surface area contributed by atoms with Crippen molar-refractivity contribution in [2.45, 2.75) is 85.0 Å². The first kappa shape index (κ1) is 33.7. The highest BCUT2D eigenvalue weighted by Crippen LogP contribution is 2.36. The molecule has 1 aliphatic rings. The third kappa shape index (κ3) is 9.42. The minimum atomic E-state index is -0.251. The van der Waals surface area contributed by atoms with E-state index in [-0.39, 0.29) is 30.6 Å². The van der Waals surface area contributed by atoms with Crippen molar-refractivity contribution < 1.29 is 38.1 Å². The zero-order valence-corrected chi connectivity index (χ0v) is 26.8. The normalized spacial score (nSPS) is 12.4. The van der Waals surface area contributed by atoms with E-state index in [9.17, 15) is 14.4 Å². The van der Waals surface area contributed by atoms with E-state index in [0.717, 1.165) is 71.3 Å². The second kappa shape index (κ2) is 17.4. The Bertz CT molecular complexity index is 1470. The maximum Gasteiger partial charge on any atom is 0.306 e. The molecule has 3 aromatic rings. The molecule has 1 aliphatic heterocycles. The number of hydrogen-bond acceptors (Lipinski definition) is 9. The van der Waals surface area contributed by atoms with Gasteiger partial charge in [0.2, 0.25) is 0 Å². The zero-order valence-electron chi connectivity index (χ0n) is 26.8. The molecule has 0 N–H and O–H groups in total. The number of ketones is 1. The maximum absolute atomic E-state index is 12.3. The number of carbonyl (C=O) groups is 3. The Balaban J connectivity index is 1.33. The van der Waals surface area contributed by atoms with Crippen LogP contribution in [0.25, 0.3) is 10.9 Å². The molecule has 0 amide bonds. The number of esters is 2. The largest absolute Gasteiger partial charge is 0.493 e. The summed E-state index contributed by atoms with van der Waals surface area (Å²) in [7, 11) is 0. The number of hydrogen-bond donors (Lipinski definition) is 0. The van der Waals surface area contributed by atoms with Crippen LogP contribution in [0, 0.1) is 0 Å². The summed E-state index contributed by atoms with van der Waals surface area (Å²) in [5, 5.41) is 0.920. The van der Waals surface area contributed by atoms with Crippen molar-refractivity contribution >= 4 is 28.6 Å². The third-order valence-electron chi connectivity index (χ3n) is 7.67. The molecule has 9 nitrogen and oxygen atoms in total. The van der Waals surface area contributed by atoms with Gasteiger partial charge in [0.1, 0.15) is 17.2 Å². The van der Waals surface area contributed by atoms with Crippen molar-refractivity contribution in [3.05, 3.63) is 58.8 Å². The van der Waals surface area contributed by atoms with Gasteiger partial charge in [-0.1, -0.05) is 19.4 Å². The van der Waals surface area contributed by atoms with Gasteiger partial charge < -0.3 is 23.7 Å². The lowest BCUT2D eigenvalue weighted by Gasteiger charge is -2.22. The number of pyridine rings is 1. The van der Waals surface area contributed by atoms with Crippen LogP contribution in [-0.2, 0) is 38.3 Å². The van der Waals surface area contributed by atoms with Crippen molar-refractivity contribution in [1.29, 1.82) is 0 Å². The van der Waals surface area contributed by atoms with E-state index in [4.69, 9.17) is 28.7 Å². The Morgan fingerprint density at radius 3 is 2.13 bits per heavy atom. The molecular formula is C36H45NO8. The molecule has 4 rings (SSSR count). The van der Waals surface area contributed by atoms with Crippen molar-refractivity contribution in [2.24, 2.45) is 0 Å². The van der Waals surface area contributed by atoms with Gasteiger partial charge in [-0.25, -0.2) is 0 Å². The summed E-state index contributed by atoms with van der Waals surface area (Å²) < 4.78 is 28.4. The summed E-state index contributed by atoms with van der Waals surface area (Å²) in [6.07, 6.45) is 6.26. The number of aromatic nitrogens is 1. The van der Waals surface area contributed by atoms with Crippen LogP contribution < -0.4 is 14.2 Å². The van der Waals surface area contributed by atoms with E-state index in [1.54, 1.807) is 13.8 Å². The van der Waals surface area contributed by atoms with Gasteiger partial charge in [0.05, 0.1) is 50.5 Å². The van der Waals surface area contributed by atoms with Crippen LogP contribution in [-0.4, -0.2) is 55.7 Å². The van der Waals surface area contributed by atoms with Crippen LogP contribution in [0.1, 0.15) is 92.9 Å². The Kier molecular flexibility index (Phi) is 13.0. The van der Waals surface area contributed by atoms with E-state index in [0.29, 0.717) is 63.6 Å². The highest BCUT2D eigenvalue weighted by Gasteiger charge is 2.24. The molecule has 45 heavy (non-hydrogen) atoms. The van der Waals surface area contributed by atoms with Crippen molar-refractivity contribution in [3.63, 3.8) is 0 Å². The number of unbranched alkanes of at least 4 members (excludes halogenated alkanes) is 2. The third-order valence-corrected chi connectivity index (χ3v) is 7.67. The van der Waals surface area contributed by atoms with Gasteiger partial charge in [0.25, 0.3) is 0 Å². The van der Waals surface area contributed by atoms with Crippen molar-refractivity contribution in [1.82, 2.24) is 4.98 Å². The number of aryl methyl sites for hydroxylation is 2. The van der Waals surface area contributed by atoms with Crippen LogP contribution in [0.4, 0.5) is 0 Å². The Morgan fingerprint density at radius 2 is 1.44 bits per heavy atom. The number of Topliss-reactive ketones (excluding diaryl/α,β-unsaturated/α-hetero) is 1. The highest BCUT2D eigenvalue weighted by molar-refractivity contribution is 6.00. The maximum atomic E-state index is 12.3. The number of nitrogens with zero attached hydrogens (tertiary/aromatic N) is 1. The van der Waals surface area contributed by atoms with Gasteiger partial charge in [-0.3, -0.25) is 19.4 Å². The Labute approximate surface area is 265 Å². The van der Waals surface area contributed by atoms with E-state index >= 15 is 0 Å². The van der Waals surface area contributed by atoms with Crippen molar-refractivity contribution in [2.75, 3.05) is 33.0 Å². The average molecular weight is 620 g/mol. The highest BCUT2D eigenvalue weighted by atomic mass is 16.5. The molecule has 0 radical (unpaired) electrons. The first-order valence-electron chi connectivity index (χ1n) is 16.2. The predicted octanol–water partition coefficient (Wildman–Crippen LogP) is 6.77. The van der Waals surface area contributed by atoms with E-state index in [2.05, 4.69) is 6.92 Å². The van der Waals surface area contributed by atoms with Gasteiger partial charge >= 0.3 is 11.9 Å². The molecule has 2 aromatic carbocycles. The smallest absolute Gasteiger partial charge is 0.306 e. The lowest BCUT2D eigenvalue weighted by Crippen LogP contribution is -2.17. The summed E-state index contributed by atoms with van der Waals surface area (Å²) in [6, 6.07) is 11.5. The summed E-state index contributed by atoms with van der Waals surface area (Å²) in [6.45, 7) is 7.90. The van der Waals surface area contributed by atoms with Crippen LogP contribution in [0.2, 0.25) is 0 Å². The fourth-order valence-corrected chi connectivity index (χ4v) is 5.48. The van der Waals surface area contributed by atoms with Crippen LogP contribution in [0.3, 0.4) is 0 Å². The summed E-state index contributed by atoms with van der Waals surface area (Å²) in [5.41, 5.74) is 4.17. The Hall–Kier alpha value is -4.14. The quantitative estimate of drug-likeness (QED) is 0.112. The van der Waals surface area contributed by atoms with Gasteiger partial charge in [-0.2, -0.15) is 0 Å². The van der Waals surface area contributed by atoms with E-state index in [1.165, 1.54) is 0 Å². The predicted molar refractivity (Wildman–Crippen MR) is 171 cm³/mol. The summed E-state index contributed by atoms with van der Waals surface area (Å²) in [5.74, 6) is 1.85. The fraction of sp³-hybridized carbons (Fsp3) is 0.500. The minimum Gasteiger partial charge on any atom is -0.493 e. The van der Waals surface area contributed by atoms with Crippen LogP contribution in [0.15, 0.2) is 36.4 Å². The average Bonchev–Trinajstić information content (AvgIpc) is 3.03. The van der Waals surface area contributed by atoms with Crippen LogP contribution in [0.5, 0.6) is 17.2 Å². The monoisotopic (exact) mass is 619 g/mol. The second-order valence-corrected chi connectivity index (χ2v) is 11.0. The second-order valence-electron chi connectivity index (χ2n) is 11.0. The van der Waals surface area contributed by atoms with E-state index in [1.807, 2.05) is 36.4 Å². The molecule has 0 saturated heterocycles. The number of benzene rings is 2. The summed E-state index contributed by atoms with van der Waals surface area (Å²) >= 11 is 0. The van der Waals surface area contributed by atoms with E-state index < -0.39 is 0 Å². The Morgan fingerprint density at radius 1 is 0.778 bits per heavy atom. The molecule has 242 valence electrons. The van der Waals surface area contributed by atoms with Gasteiger partial charge in [0.15, 0.2) is 5.78 Å². The minimum absolute atomic E-state index is 0.127. The SMILES string of the molecule is CCCc1c(OCCCCCOc2ccc3nc(CCC(=O)OCC)ccc3c2CCC(=O)OCC)ccc2c1OCCC2=O. The topological polar surface area (TPSA) is 110 Å². The molecule has 0 atom stereocenters. The number of ether oxygens (including phenoxy) is 5. The lowest BCUT2D eigenvalue weighted by molar-refractivity contribution is -0.144. The first-order valence-corrected chi connectivity index (χ1v) is 16.2. The first-order chi connectivity index (χ1) is 21.9. The van der Waals surface area contributed by atoms with Gasteiger partial charge in [-0.15, -0.1) is 0 Å². The fourth-order valence-electron chi connectivity index (χ4n) is 5.48. The molecule has 9 heteroatoms. The van der Waals surface area contributed by atoms with Crippen molar-refractivity contribution in [3.8, 4) is 17.2 Å². The number of carbonyl (C=O) groups excluding carboxylic acids is 3. The molecule has 1 aromatic heterocycles. The van der Waals surface area contributed by atoms with Crippen LogP contribution >= 0.6 is 0 Å². The molecule has 0 fully saturated rings. The molecule has 0 spiro atoms. The van der Waals surface area contributed by atoms with Gasteiger partial charge in [-0.05, 0) is 76.3 Å². The molecule has 2 heterocycles.